The number of para-hydroxylation sites is 1. The van der Waals surface area contributed by atoms with E-state index in [9.17, 15) is 4.79 Å². The largest absolute Gasteiger partial charge is 0.494 e. The second-order valence-corrected chi connectivity index (χ2v) is 6.14. The zero-order valence-corrected chi connectivity index (χ0v) is 15.1. The summed E-state index contributed by atoms with van der Waals surface area (Å²) in [5, 5.41) is 17.9. The van der Waals surface area contributed by atoms with Gasteiger partial charge < -0.3 is 14.6 Å². The Bertz CT molecular complexity index is 890. The van der Waals surface area contributed by atoms with E-state index in [4.69, 9.17) is 14.6 Å². The van der Waals surface area contributed by atoms with Crippen LogP contribution >= 0.6 is 11.8 Å². The van der Waals surface area contributed by atoms with Crippen LogP contribution in [0.15, 0.2) is 53.7 Å². The van der Waals surface area contributed by atoms with E-state index >= 15 is 0 Å². The summed E-state index contributed by atoms with van der Waals surface area (Å²) in [4.78, 5) is 11.0. The van der Waals surface area contributed by atoms with Gasteiger partial charge in [-0.1, -0.05) is 48.2 Å². The van der Waals surface area contributed by atoms with E-state index in [1.54, 1.807) is 30.9 Å². The molecule has 3 rings (SSSR count). The lowest BCUT2D eigenvalue weighted by Gasteiger charge is -2.16. The van der Waals surface area contributed by atoms with Crippen LogP contribution in [0.5, 0.6) is 11.5 Å². The fraction of sp³-hybridized carbons (Fsp3) is 0.167. The molecule has 0 aliphatic carbocycles. The maximum absolute atomic E-state index is 11.0. The molecule has 0 radical (unpaired) electrons. The van der Waals surface area contributed by atoms with Crippen molar-refractivity contribution in [1.82, 2.24) is 14.8 Å². The molecule has 3 aromatic rings. The molecule has 0 unspecified atom stereocenters. The lowest BCUT2D eigenvalue weighted by molar-refractivity contribution is -0.133. The second-order valence-electron chi connectivity index (χ2n) is 5.20. The standard InChI is InChI=1S/C18H17N3O4S/c1-24-13-9-6-10-14(25-2)16(13)21-17(12-7-4-3-5-8-12)19-20-18(21)26-11-15(22)23/h3-10H,11H2,1-2H3,(H,22,23). The normalized spacial score (nSPS) is 10.5. The summed E-state index contributed by atoms with van der Waals surface area (Å²) in [6.07, 6.45) is 0. The molecule has 26 heavy (non-hydrogen) atoms. The van der Waals surface area contributed by atoms with E-state index in [-0.39, 0.29) is 5.75 Å². The van der Waals surface area contributed by atoms with Crippen LogP contribution in [-0.4, -0.2) is 45.8 Å². The van der Waals surface area contributed by atoms with E-state index in [1.165, 1.54) is 0 Å². The number of hydrogen-bond donors (Lipinski definition) is 1. The van der Waals surface area contributed by atoms with Crippen LogP contribution in [0, 0.1) is 0 Å². The van der Waals surface area contributed by atoms with Gasteiger partial charge in [0.05, 0.1) is 20.0 Å². The van der Waals surface area contributed by atoms with Crippen molar-refractivity contribution in [3.63, 3.8) is 0 Å². The summed E-state index contributed by atoms with van der Waals surface area (Å²) in [5.74, 6) is 0.640. The van der Waals surface area contributed by atoms with Gasteiger partial charge in [-0.25, -0.2) is 0 Å². The molecule has 0 amide bonds. The van der Waals surface area contributed by atoms with Crippen LogP contribution in [0.4, 0.5) is 0 Å². The third kappa shape index (κ3) is 3.50. The van der Waals surface area contributed by atoms with Crippen molar-refractivity contribution in [1.29, 1.82) is 0 Å². The summed E-state index contributed by atoms with van der Waals surface area (Å²) in [6.45, 7) is 0. The summed E-state index contributed by atoms with van der Waals surface area (Å²) in [6, 6.07) is 15.0. The Morgan fingerprint density at radius 1 is 1.04 bits per heavy atom. The second kappa shape index (κ2) is 7.92. The van der Waals surface area contributed by atoms with Crippen LogP contribution in [0.2, 0.25) is 0 Å². The highest BCUT2D eigenvalue weighted by Crippen LogP contribution is 2.38. The van der Waals surface area contributed by atoms with Crippen molar-refractivity contribution in [3.8, 4) is 28.6 Å². The molecule has 134 valence electrons. The first-order valence-electron chi connectivity index (χ1n) is 7.72. The minimum atomic E-state index is -0.933. The molecule has 1 aromatic heterocycles. The Hall–Kier alpha value is -3.00. The highest BCUT2D eigenvalue weighted by Gasteiger charge is 2.22. The van der Waals surface area contributed by atoms with Crippen LogP contribution in [0.1, 0.15) is 0 Å². The fourth-order valence-corrected chi connectivity index (χ4v) is 3.18. The summed E-state index contributed by atoms with van der Waals surface area (Å²) in [5.41, 5.74) is 1.46. The Morgan fingerprint density at radius 3 is 2.27 bits per heavy atom. The first kappa shape index (κ1) is 17.8. The van der Waals surface area contributed by atoms with Crippen molar-refractivity contribution in [2.45, 2.75) is 5.16 Å². The zero-order chi connectivity index (χ0) is 18.5. The predicted molar refractivity (Wildman–Crippen MR) is 98.3 cm³/mol. The highest BCUT2D eigenvalue weighted by atomic mass is 32.2. The molecule has 2 aromatic carbocycles. The number of carboxylic acids is 1. The van der Waals surface area contributed by atoms with Gasteiger partial charge in [0.2, 0.25) is 0 Å². The minimum absolute atomic E-state index is 0.135. The molecular weight excluding hydrogens is 354 g/mol. The molecule has 7 nitrogen and oxygen atoms in total. The Kier molecular flexibility index (Phi) is 5.43. The van der Waals surface area contributed by atoms with Crippen molar-refractivity contribution < 1.29 is 19.4 Å². The van der Waals surface area contributed by atoms with Crippen molar-refractivity contribution in [2.75, 3.05) is 20.0 Å². The number of nitrogens with zero attached hydrogens (tertiary/aromatic N) is 3. The monoisotopic (exact) mass is 371 g/mol. The lowest BCUT2D eigenvalue weighted by Crippen LogP contribution is -2.06. The Balaban J connectivity index is 2.24. The van der Waals surface area contributed by atoms with E-state index in [0.717, 1.165) is 17.3 Å². The van der Waals surface area contributed by atoms with E-state index in [0.29, 0.717) is 28.2 Å². The molecule has 0 aliphatic heterocycles. The molecule has 0 aliphatic rings. The summed E-state index contributed by atoms with van der Waals surface area (Å²) in [7, 11) is 3.13. The Labute approximate surface area is 154 Å². The zero-order valence-electron chi connectivity index (χ0n) is 14.2. The van der Waals surface area contributed by atoms with Gasteiger partial charge in [0.1, 0.15) is 17.2 Å². The maximum Gasteiger partial charge on any atom is 0.313 e. The Morgan fingerprint density at radius 2 is 1.69 bits per heavy atom. The van der Waals surface area contributed by atoms with Gasteiger partial charge >= 0.3 is 5.97 Å². The van der Waals surface area contributed by atoms with Crippen molar-refractivity contribution in [2.24, 2.45) is 0 Å². The van der Waals surface area contributed by atoms with E-state index in [2.05, 4.69) is 10.2 Å². The smallest absolute Gasteiger partial charge is 0.313 e. The van der Waals surface area contributed by atoms with Gasteiger partial charge in [-0.2, -0.15) is 0 Å². The molecule has 0 saturated carbocycles. The topological polar surface area (TPSA) is 86.5 Å². The van der Waals surface area contributed by atoms with Crippen LogP contribution in [0.3, 0.4) is 0 Å². The molecule has 1 N–H and O–H groups in total. The molecule has 1 heterocycles. The number of aliphatic carboxylic acids is 1. The number of aromatic nitrogens is 3. The number of benzene rings is 2. The van der Waals surface area contributed by atoms with E-state index in [1.807, 2.05) is 36.4 Å². The molecule has 0 atom stereocenters. The molecule has 8 heteroatoms. The average molecular weight is 371 g/mol. The van der Waals surface area contributed by atoms with Crippen molar-refractivity contribution in [3.05, 3.63) is 48.5 Å². The van der Waals surface area contributed by atoms with Gasteiger partial charge in [-0.3, -0.25) is 9.36 Å². The molecule has 0 fully saturated rings. The first-order chi connectivity index (χ1) is 12.7. The quantitative estimate of drug-likeness (QED) is 0.639. The fourth-order valence-electron chi connectivity index (χ4n) is 2.52. The van der Waals surface area contributed by atoms with Gasteiger partial charge in [-0.05, 0) is 12.1 Å². The summed E-state index contributed by atoms with van der Waals surface area (Å²) >= 11 is 1.08. The molecule has 0 saturated heterocycles. The van der Waals surface area contributed by atoms with Crippen LogP contribution in [-0.2, 0) is 4.79 Å². The average Bonchev–Trinajstić information content (AvgIpc) is 3.09. The number of thioether (sulfide) groups is 1. The number of methoxy groups -OCH3 is 2. The highest BCUT2D eigenvalue weighted by molar-refractivity contribution is 7.99. The SMILES string of the molecule is COc1cccc(OC)c1-n1c(SCC(=O)O)nnc1-c1ccccc1. The van der Waals surface area contributed by atoms with Gasteiger partial charge in [-0.15, -0.1) is 10.2 Å². The van der Waals surface area contributed by atoms with Gasteiger partial charge in [0, 0.05) is 5.56 Å². The number of carbonyl (C=O) groups is 1. The van der Waals surface area contributed by atoms with Crippen molar-refractivity contribution >= 4 is 17.7 Å². The van der Waals surface area contributed by atoms with Gasteiger partial charge in [0.25, 0.3) is 0 Å². The minimum Gasteiger partial charge on any atom is -0.494 e. The number of hydrogen-bond acceptors (Lipinski definition) is 6. The molecular formula is C18H17N3O4S. The first-order valence-corrected chi connectivity index (χ1v) is 8.71. The lowest BCUT2D eigenvalue weighted by atomic mass is 10.2. The third-order valence-electron chi connectivity index (χ3n) is 3.62. The molecule has 0 spiro atoms. The predicted octanol–water partition coefficient (Wildman–Crippen LogP) is 3.13. The number of carboxylic acid groups (broad SMARTS) is 1. The van der Waals surface area contributed by atoms with Crippen LogP contribution in [0.25, 0.3) is 17.1 Å². The number of ether oxygens (including phenoxy) is 2. The van der Waals surface area contributed by atoms with E-state index < -0.39 is 5.97 Å². The number of rotatable bonds is 7. The van der Waals surface area contributed by atoms with Gasteiger partial charge in [0.15, 0.2) is 11.0 Å². The molecule has 0 bridgehead atoms. The summed E-state index contributed by atoms with van der Waals surface area (Å²) < 4.78 is 12.8. The van der Waals surface area contributed by atoms with Crippen LogP contribution < -0.4 is 9.47 Å². The third-order valence-corrected chi connectivity index (χ3v) is 4.53. The maximum atomic E-state index is 11.0.